The molecule has 0 spiro atoms. The topological polar surface area (TPSA) is 78.1 Å². The molecule has 0 radical (unpaired) electrons. The molecule has 1 saturated heterocycles. The Morgan fingerprint density at radius 1 is 1.26 bits per heavy atom. The smallest absolute Gasteiger partial charge is 0.263 e. The van der Waals surface area contributed by atoms with E-state index in [4.69, 9.17) is 21.3 Å². The molecule has 176 valence electrons. The van der Waals surface area contributed by atoms with Crippen LogP contribution in [-0.2, 0) is 18.3 Å². The molecule has 3 aromatic heterocycles. The Balaban J connectivity index is 1.64. The minimum atomic E-state index is -0.548. The maximum absolute atomic E-state index is 15.0. The number of hydrogen-bond donors (Lipinski definition) is 0. The number of benzene rings is 1. The van der Waals surface area contributed by atoms with Crippen molar-refractivity contribution in [1.29, 1.82) is 0 Å². The van der Waals surface area contributed by atoms with Crippen LogP contribution in [0.25, 0.3) is 22.2 Å². The van der Waals surface area contributed by atoms with Gasteiger partial charge in [-0.05, 0) is 32.0 Å². The van der Waals surface area contributed by atoms with Crippen molar-refractivity contribution in [2.24, 2.45) is 7.05 Å². The first kappa shape index (κ1) is 22.5. The van der Waals surface area contributed by atoms with Crippen molar-refractivity contribution in [2.75, 3.05) is 24.6 Å². The summed E-state index contributed by atoms with van der Waals surface area (Å²) in [5.41, 5.74) is 1.62. The van der Waals surface area contributed by atoms with E-state index in [2.05, 4.69) is 15.0 Å². The number of hydrogen-bond acceptors (Lipinski definition) is 6. The fourth-order valence-electron chi connectivity index (χ4n) is 4.20. The number of halogens is 2. The number of aromatic nitrogens is 5. The van der Waals surface area contributed by atoms with Gasteiger partial charge < -0.3 is 9.64 Å². The molecule has 0 saturated carbocycles. The summed E-state index contributed by atoms with van der Waals surface area (Å²) >= 11 is 5.97. The van der Waals surface area contributed by atoms with E-state index in [1.807, 2.05) is 24.0 Å². The summed E-state index contributed by atoms with van der Waals surface area (Å²) in [6.07, 6.45) is 3.61. The Morgan fingerprint density at radius 3 is 2.82 bits per heavy atom. The van der Waals surface area contributed by atoms with E-state index in [-0.39, 0.29) is 33.3 Å². The Labute approximate surface area is 200 Å². The maximum atomic E-state index is 15.0. The predicted octanol–water partition coefficient (Wildman–Crippen LogP) is 3.89. The minimum Gasteiger partial charge on any atom is -0.370 e. The predicted molar refractivity (Wildman–Crippen MR) is 129 cm³/mol. The average Bonchev–Trinajstić information content (AvgIpc) is 3.31. The molecule has 1 aromatic carbocycles. The second-order valence-corrected chi connectivity index (χ2v) is 8.74. The summed E-state index contributed by atoms with van der Waals surface area (Å²) < 4.78 is 24.3. The Kier molecular flexibility index (Phi) is 5.83. The molecule has 0 aliphatic carbocycles. The standard InChI is InChI=1S/C24H24ClFN6O2/c1-4-32-12-15(11-27-32)20-13-31(7-8-34-20)21-10-19-22(24(33)30(3)14(2)28-19)23(29-21)17-6-5-16(25)9-18(17)26/h5-6,9-12,20H,4,7-8,13H2,1-3H3/t20-/m0/s1. The maximum Gasteiger partial charge on any atom is 0.263 e. The summed E-state index contributed by atoms with van der Waals surface area (Å²) in [5.74, 6) is 0.616. The van der Waals surface area contributed by atoms with Crippen molar-refractivity contribution in [3.05, 3.63) is 69.2 Å². The van der Waals surface area contributed by atoms with Gasteiger partial charge in [0.2, 0.25) is 0 Å². The van der Waals surface area contributed by atoms with E-state index >= 15 is 0 Å². The summed E-state index contributed by atoms with van der Waals surface area (Å²) in [7, 11) is 1.64. The van der Waals surface area contributed by atoms with Gasteiger partial charge in [-0.25, -0.2) is 14.4 Å². The zero-order valence-electron chi connectivity index (χ0n) is 19.1. The van der Waals surface area contributed by atoms with Crippen LogP contribution in [0.2, 0.25) is 5.02 Å². The van der Waals surface area contributed by atoms with Gasteiger partial charge in [0, 0.05) is 55.1 Å². The number of nitrogens with zero attached hydrogens (tertiary/aromatic N) is 6. The van der Waals surface area contributed by atoms with Gasteiger partial charge in [-0.3, -0.25) is 14.0 Å². The molecule has 1 aliphatic rings. The van der Waals surface area contributed by atoms with Gasteiger partial charge in [-0.1, -0.05) is 11.6 Å². The number of aryl methyl sites for hydroxylation is 2. The summed E-state index contributed by atoms with van der Waals surface area (Å²) in [5, 5.41) is 4.89. The van der Waals surface area contributed by atoms with Crippen LogP contribution in [0.15, 0.2) is 41.5 Å². The second-order valence-electron chi connectivity index (χ2n) is 8.31. The molecule has 0 bridgehead atoms. The Hall–Kier alpha value is -3.30. The number of pyridine rings is 1. The molecule has 8 nitrogen and oxygen atoms in total. The second kappa shape index (κ2) is 8.81. The summed E-state index contributed by atoms with van der Waals surface area (Å²) in [6, 6.07) is 6.14. The molecular formula is C24H24ClFN6O2. The Bertz CT molecular complexity index is 1450. The van der Waals surface area contributed by atoms with Crippen molar-refractivity contribution >= 4 is 28.3 Å². The fourth-order valence-corrected chi connectivity index (χ4v) is 4.36. The van der Waals surface area contributed by atoms with Gasteiger partial charge in [-0.2, -0.15) is 5.10 Å². The highest BCUT2D eigenvalue weighted by Gasteiger charge is 2.26. The Morgan fingerprint density at radius 2 is 2.09 bits per heavy atom. The van der Waals surface area contributed by atoms with E-state index in [0.29, 0.717) is 36.9 Å². The monoisotopic (exact) mass is 482 g/mol. The molecule has 5 rings (SSSR count). The number of rotatable bonds is 4. The molecule has 4 heterocycles. The lowest BCUT2D eigenvalue weighted by Gasteiger charge is -2.33. The highest BCUT2D eigenvalue weighted by molar-refractivity contribution is 6.30. The van der Waals surface area contributed by atoms with Crippen LogP contribution in [0.3, 0.4) is 0 Å². The molecule has 0 N–H and O–H groups in total. The number of fused-ring (bicyclic) bond motifs is 1. The van der Waals surface area contributed by atoms with Crippen molar-refractivity contribution in [3.63, 3.8) is 0 Å². The van der Waals surface area contributed by atoms with Gasteiger partial charge in [0.1, 0.15) is 23.6 Å². The third kappa shape index (κ3) is 3.95. The first-order chi connectivity index (χ1) is 16.4. The quantitative estimate of drug-likeness (QED) is 0.439. The highest BCUT2D eigenvalue weighted by atomic mass is 35.5. The van der Waals surface area contributed by atoms with Gasteiger partial charge in [0.25, 0.3) is 5.56 Å². The first-order valence-electron chi connectivity index (χ1n) is 11.1. The fraction of sp³-hybridized carbons (Fsp3) is 0.333. The summed E-state index contributed by atoms with van der Waals surface area (Å²) in [6.45, 7) is 6.21. The zero-order valence-corrected chi connectivity index (χ0v) is 19.9. The largest absolute Gasteiger partial charge is 0.370 e. The molecule has 34 heavy (non-hydrogen) atoms. The van der Waals surface area contributed by atoms with E-state index in [9.17, 15) is 9.18 Å². The van der Waals surface area contributed by atoms with Crippen LogP contribution in [0.4, 0.5) is 10.2 Å². The third-order valence-corrected chi connectivity index (χ3v) is 6.43. The van der Waals surface area contributed by atoms with E-state index in [1.165, 1.54) is 10.6 Å². The van der Waals surface area contributed by atoms with Gasteiger partial charge in [-0.15, -0.1) is 0 Å². The lowest BCUT2D eigenvalue weighted by molar-refractivity contribution is 0.0395. The molecular weight excluding hydrogens is 459 g/mol. The first-order valence-corrected chi connectivity index (χ1v) is 11.5. The third-order valence-electron chi connectivity index (χ3n) is 6.20. The normalized spacial score (nSPS) is 16.4. The van der Waals surface area contributed by atoms with Crippen molar-refractivity contribution in [2.45, 2.75) is 26.5 Å². The van der Waals surface area contributed by atoms with Crippen molar-refractivity contribution < 1.29 is 9.13 Å². The van der Waals surface area contributed by atoms with Crippen LogP contribution in [-0.4, -0.2) is 44.0 Å². The average molecular weight is 483 g/mol. The van der Waals surface area contributed by atoms with Gasteiger partial charge in [0.15, 0.2) is 0 Å². The van der Waals surface area contributed by atoms with Crippen LogP contribution in [0, 0.1) is 12.7 Å². The summed E-state index contributed by atoms with van der Waals surface area (Å²) in [4.78, 5) is 24.6. The lowest BCUT2D eigenvalue weighted by Crippen LogP contribution is -2.39. The lowest BCUT2D eigenvalue weighted by atomic mass is 10.1. The number of ether oxygens (including phenoxy) is 1. The minimum absolute atomic E-state index is 0.180. The van der Waals surface area contributed by atoms with E-state index in [0.717, 1.165) is 12.1 Å². The van der Waals surface area contributed by atoms with E-state index < -0.39 is 5.82 Å². The van der Waals surface area contributed by atoms with Crippen LogP contribution >= 0.6 is 11.6 Å². The van der Waals surface area contributed by atoms with Gasteiger partial charge >= 0.3 is 0 Å². The van der Waals surface area contributed by atoms with E-state index in [1.54, 1.807) is 32.2 Å². The highest BCUT2D eigenvalue weighted by Crippen LogP contribution is 2.32. The van der Waals surface area contributed by atoms with Crippen molar-refractivity contribution in [3.8, 4) is 11.3 Å². The molecule has 1 atom stereocenters. The van der Waals surface area contributed by atoms with Crippen molar-refractivity contribution in [1.82, 2.24) is 24.3 Å². The van der Waals surface area contributed by atoms with Crippen LogP contribution in [0.1, 0.15) is 24.4 Å². The zero-order chi connectivity index (χ0) is 24.0. The number of anilines is 1. The SMILES string of the molecule is CCn1cc([C@@H]2CN(c3cc4nc(C)n(C)c(=O)c4c(-c4ccc(Cl)cc4F)n3)CCO2)cn1. The molecule has 0 amide bonds. The molecule has 1 aliphatic heterocycles. The molecule has 10 heteroatoms. The molecule has 4 aromatic rings. The van der Waals surface area contributed by atoms with Crippen LogP contribution < -0.4 is 10.5 Å². The van der Waals surface area contributed by atoms with Gasteiger partial charge in [0.05, 0.1) is 29.4 Å². The number of morpholine rings is 1. The molecule has 1 fully saturated rings. The molecule has 0 unspecified atom stereocenters. The van der Waals surface area contributed by atoms with Crippen LogP contribution in [0.5, 0.6) is 0 Å².